The molecular formula is C21H15FN4O2S. The molecule has 0 spiro atoms. The second kappa shape index (κ2) is 8.24. The Labute approximate surface area is 170 Å². The van der Waals surface area contributed by atoms with Crippen LogP contribution >= 0.6 is 11.8 Å². The van der Waals surface area contributed by atoms with Gasteiger partial charge in [0.25, 0.3) is 5.69 Å². The van der Waals surface area contributed by atoms with Crippen molar-refractivity contribution in [2.45, 2.75) is 10.9 Å². The summed E-state index contributed by atoms with van der Waals surface area (Å²) in [5.41, 5.74) is 2.63. The normalized spacial score (nSPS) is 10.8. The van der Waals surface area contributed by atoms with E-state index in [0.717, 1.165) is 16.8 Å². The molecule has 29 heavy (non-hydrogen) atoms. The van der Waals surface area contributed by atoms with Gasteiger partial charge in [0, 0.05) is 29.1 Å². The summed E-state index contributed by atoms with van der Waals surface area (Å²) in [6.07, 6.45) is 0. The van der Waals surface area contributed by atoms with Crippen molar-refractivity contribution in [3.05, 3.63) is 100 Å². The Kier molecular flexibility index (Phi) is 5.35. The van der Waals surface area contributed by atoms with Crippen molar-refractivity contribution in [2.75, 3.05) is 0 Å². The summed E-state index contributed by atoms with van der Waals surface area (Å²) in [6, 6.07) is 22.2. The maximum atomic E-state index is 13.4. The molecular weight excluding hydrogens is 391 g/mol. The minimum atomic E-state index is -0.422. The second-order valence-electron chi connectivity index (χ2n) is 6.20. The number of nitro groups is 1. The fraction of sp³-hybridized carbons (Fsp3) is 0.0476. The van der Waals surface area contributed by atoms with Crippen molar-refractivity contribution in [3.8, 4) is 17.1 Å². The number of hydrogen-bond acceptors (Lipinski definition) is 5. The fourth-order valence-corrected chi connectivity index (χ4v) is 3.73. The van der Waals surface area contributed by atoms with Crippen molar-refractivity contribution in [2.24, 2.45) is 0 Å². The van der Waals surface area contributed by atoms with E-state index in [9.17, 15) is 14.5 Å². The van der Waals surface area contributed by atoms with Crippen molar-refractivity contribution in [1.82, 2.24) is 14.8 Å². The number of halogens is 1. The van der Waals surface area contributed by atoms with Gasteiger partial charge in [0.1, 0.15) is 5.82 Å². The molecule has 0 aliphatic rings. The molecule has 0 aliphatic heterocycles. The first-order valence-corrected chi connectivity index (χ1v) is 9.73. The molecule has 0 saturated carbocycles. The quantitative estimate of drug-likeness (QED) is 0.248. The van der Waals surface area contributed by atoms with Gasteiger partial charge in [0.05, 0.1) is 4.92 Å². The number of hydrogen-bond donors (Lipinski definition) is 0. The highest BCUT2D eigenvalue weighted by molar-refractivity contribution is 7.98. The van der Waals surface area contributed by atoms with Gasteiger partial charge in [-0.25, -0.2) is 4.39 Å². The monoisotopic (exact) mass is 406 g/mol. The number of rotatable bonds is 6. The molecule has 0 saturated heterocycles. The van der Waals surface area contributed by atoms with E-state index in [4.69, 9.17) is 0 Å². The molecule has 1 heterocycles. The maximum Gasteiger partial charge on any atom is 0.269 e. The van der Waals surface area contributed by atoms with Gasteiger partial charge in [0.2, 0.25) is 0 Å². The number of nitro benzene ring substituents is 1. The minimum Gasteiger partial charge on any atom is -0.270 e. The van der Waals surface area contributed by atoms with Crippen molar-refractivity contribution in [1.29, 1.82) is 0 Å². The molecule has 0 fully saturated rings. The van der Waals surface area contributed by atoms with Crippen LogP contribution in [-0.4, -0.2) is 19.7 Å². The summed E-state index contributed by atoms with van der Waals surface area (Å²) in [5.74, 6) is 0.901. The standard InChI is InChI=1S/C21H15FN4O2S/c22-17-8-12-18(13-9-17)25-20(16-4-2-1-3-5-16)23-24-21(25)29-14-15-6-10-19(11-7-15)26(27)28/h1-13H,14H2. The summed E-state index contributed by atoms with van der Waals surface area (Å²) in [5, 5.41) is 20.1. The van der Waals surface area contributed by atoms with E-state index in [1.807, 2.05) is 34.9 Å². The molecule has 0 aliphatic carbocycles. The van der Waals surface area contributed by atoms with Crippen molar-refractivity contribution >= 4 is 17.4 Å². The third kappa shape index (κ3) is 4.17. The molecule has 144 valence electrons. The molecule has 4 rings (SSSR count). The van der Waals surface area contributed by atoms with Crippen LogP contribution in [0.4, 0.5) is 10.1 Å². The first-order valence-electron chi connectivity index (χ1n) is 8.75. The second-order valence-corrected chi connectivity index (χ2v) is 7.14. The lowest BCUT2D eigenvalue weighted by Crippen LogP contribution is -2.00. The molecule has 4 aromatic rings. The van der Waals surface area contributed by atoms with E-state index in [2.05, 4.69) is 10.2 Å². The van der Waals surface area contributed by atoms with Gasteiger partial charge in [0.15, 0.2) is 11.0 Å². The molecule has 0 N–H and O–H groups in total. The number of thioether (sulfide) groups is 1. The molecule has 0 bridgehead atoms. The van der Waals surface area contributed by atoms with Crippen LogP contribution in [0, 0.1) is 15.9 Å². The van der Waals surface area contributed by atoms with Crippen LogP contribution in [0.2, 0.25) is 0 Å². The molecule has 6 nitrogen and oxygen atoms in total. The van der Waals surface area contributed by atoms with E-state index in [-0.39, 0.29) is 11.5 Å². The number of non-ortho nitro benzene ring substituents is 1. The molecule has 8 heteroatoms. The molecule has 3 aromatic carbocycles. The van der Waals surface area contributed by atoms with Gasteiger partial charge in [-0.15, -0.1) is 10.2 Å². The van der Waals surface area contributed by atoms with Gasteiger partial charge < -0.3 is 0 Å². The van der Waals surface area contributed by atoms with Gasteiger partial charge in [-0.3, -0.25) is 14.7 Å². The smallest absolute Gasteiger partial charge is 0.269 e. The lowest BCUT2D eigenvalue weighted by Gasteiger charge is -2.10. The van der Waals surface area contributed by atoms with E-state index in [1.165, 1.54) is 36.0 Å². The Bertz CT molecular complexity index is 1130. The van der Waals surface area contributed by atoms with Crippen molar-refractivity contribution in [3.63, 3.8) is 0 Å². The summed E-state index contributed by atoms with van der Waals surface area (Å²) >= 11 is 1.45. The van der Waals surface area contributed by atoms with E-state index in [0.29, 0.717) is 16.7 Å². The Morgan fingerprint density at radius 2 is 1.62 bits per heavy atom. The Morgan fingerprint density at radius 3 is 2.28 bits per heavy atom. The Morgan fingerprint density at radius 1 is 0.931 bits per heavy atom. The van der Waals surface area contributed by atoms with E-state index < -0.39 is 4.92 Å². The van der Waals surface area contributed by atoms with E-state index in [1.54, 1.807) is 24.3 Å². The Balaban J connectivity index is 1.67. The fourth-order valence-electron chi connectivity index (χ4n) is 2.82. The van der Waals surface area contributed by atoms with Gasteiger partial charge >= 0.3 is 0 Å². The maximum absolute atomic E-state index is 13.4. The first-order chi connectivity index (χ1) is 14.1. The molecule has 0 unspecified atom stereocenters. The largest absolute Gasteiger partial charge is 0.270 e. The van der Waals surface area contributed by atoms with Gasteiger partial charge in [-0.1, -0.05) is 54.2 Å². The number of nitrogens with zero attached hydrogens (tertiary/aromatic N) is 4. The van der Waals surface area contributed by atoms with Crippen LogP contribution in [0.3, 0.4) is 0 Å². The van der Waals surface area contributed by atoms with Gasteiger partial charge in [-0.2, -0.15) is 0 Å². The first kappa shape index (κ1) is 18.8. The number of benzene rings is 3. The molecule has 0 radical (unpaired) electrons. The summed E-state index contributed by atoms with van der Waals surface area (Å²) < 4.78 is 15.3. The van der Waals surface area contributed by atoms with Gasteiger partial charge in [-0.05, 0) is 29.8 Å². The summed E-state index contributed by atoms with van der Waals surface area (Å²) in [6.45, 7) is 0. The summed E-state index contributed by atoms with van der Waals surface area (Å²) in [7, 11) is 0. The predicted molar refractivity (Wildman–Crippen MR) is 109 cm³/mol. The zero-order valence-corrected chi connectivity index (χ0v) is 15.9. The van der Waals surface area contributed by atoms with Crippen LogP contribution in [-0.2, 0) is 5.75 Å². The van der Waals surface area contributed by atoms with Crippen LogP contribution in [0.1, 0.15) is 5.56 Å². The highest BCUT2D eigenvalue weighted by atomic mass is 32.2. The molecule has 0 atom stereocenters. The van der Waals surface area contributed by atoms with E-state index >= 15 is 0 Å². The third-order valence-electron chi connectivity index (χ3n) is 4.27. The molecule has 1 aromatic heterocycles. The average molecular weight is 406 g/mol. The zero-order chi connectivity index (χ0) is 20.2. The van der Waals surface area contributed by atoms with Crippen molar-refractivity contribution < 1.29 is 9.31 Å². The summed E-state index contributed by atoms with van der Waals surface area (Å²) in [4.78, 5) is 10.4. The topological polar surface area (TPSA) is 73.8 Å². The van der Waals surface area contributed by atoms with Crippen LogP contribution in [0.25, 0.3) is 17.1 Å². The highest BCUT2D eigenvalue weighted by Crippen LogP contribution is 2.30. The minimum absolute atomic E-state index is 0.0552. The Hall–Kier alpha value is -3.52. The lowest BCUT2D eigenvalue weighted by atomic mass is 10.2. The van der Waals surface area contributed by atoms with Crippen LogP contribution in [0.5, 0.6) is 0 Å². The zero-order valence-electron chi connectivity index (χ0n) is 15.1. The molecule has 0 amide bonds. The number of aromatic nitrogens is 3. The third-order valence-corrected chi connectivity index (χ3v) is 5.27. The SMILES string of the molecule is O=[N+]([O-])c1ccc(CSc2nnc(-c3ccccc3)n2-c2ccc(F)cc2)cc1. The van der Waals surface area contributed by atoms with Crippen LogP contribution in [0.15, 0.2) is 84.0 Å². The predicted octanol–water partition coefficient (Wildman–Crippen LogP) is 5.27. The average Bonchev–Trinajstić information content (AvgIpc) is 3.17. The van der Waals surface area contributed by atoms with Crippen LogP contribution < -0.4 is 0 Å². The highest BCUT2D eigenvalue weighted by Gasteiger charge is 2.16. The lowest BCUT2D eigenvalue weighted by molar-refractivity contribution is -0.384.